The Morgan fingerprint density at radius 3 is 2.60 bits per heavy atom. The van der Waals surface area contributed by atoms with E-state index in [-0.39, 0.29) is 5.56 Å². The van der Waals surface area contributed by atoms with Crippen molar-refractivity contribution in [2.24, 2.45) is 0 Å². The average Bonchev–Trinajstić information content (AvgIpc) is 2.65. The van der Waals surface area contributed by atoms with Gasteiger partial charge in [0.15, 0.2) is 0 Å². The second-order valence-electron chi connectivity index (χ2n) is 6.31. The highest BCUT2D eigenvalue weighted by atomic mass is 16.1. The van der Waals surface area contributed by atoms with Crippen LogP contribution in [0.3, 0.4) is 0 Å². The summed E-state index contributed by atoms with van der Waals surface area (Å²) < 4.78 is 0. The summed E-state index contributed by atoms with van der Waals surface area (Å²) in [4.78, 5) is 22.5. The van der Waals surface area contributed by atoms with E-state index in [0.717, 1.165) is 30.7 Å². The molecular weight excluding hydrogens is 310 g/mol. The van der Waals surface area contributed by atoms with E-state index in [2.05, 4.69) is 34.8 Å². The molecule has 3 aromatic rings. The maximum absolute atomic E-state index is 12.4. The van der Waals surface area contributed by atoms with Gasteiger partial charge in [0.25, 0.3) is 5.56 Å². The van der Waals surface area contributed by atoms with Gasteiger partial charge in [-0.25, -0.2) is 4.98 Å². The summed E-state index contributed by atoms with van der Waals surface area (Å²) in [5.41, 5.74) is 2.84. The van der Waals surface area contributed by atoms with Crippen LogP contribution in [0.4, 0.5) is 0 Å². The van der Waals surface area contributed by atoms with Gasteiger partial charge in [-0.3, -0.25) is 9.69 Å². The second-order valence-corrected chi connectivity index (χ2v) is 6.31. The number of aromatic amines is 1. The largest absolute Gasteiger partial charge is 0.306 e. The van der Waals surface area contributed by atoms with Gasteiger partial charge in [-0.05, 0) is 37.2 Å². The van der Waals surface area contributed by atoms with E-state index in [1.807, 2.05) is 36.4 Å². The van der Waals surface area contributed by atoms with Crippen molar-refractivity contribution in [3.8, 4) is 11.4 Å². The van der Waals surface area contributed by atoms with Crippen molar-refractivity contribution < 1.29 is 0 Å². The summed E-state index contributed by atoms with van der Waals surface area (Å²) in [7, 11) is 0. The first kappa shape index (κ1) is 17.4. The highest BCUT2D eigenvalue weighted by Gasteiger charge is 2.12. The molecule has 1 heterocycles. The lowest BCUT2D eigenvalue weighted by Gasteiger charge is -2.21. The van der Waals surface area contributed by atoms with Crippen molar-refractivity contribution in [1.29, 1.82) is 0 Å². The maximum atomic E-state index is 12.4. The molecule has 0 spiro atoms. The van der Waals surface area contributed by atoms with Gasteiger partial charge in [0.2, 0.25) is 0 Å². The van der Waals surface area contributed by atoms with E-state index < -0.39 is 0 Å². The number of nitrogens with one attached hydrogen (secondary N) is 1. The van der Waals surface area contributed by atoms with Crippen LogP contribution >= 0.6 is 0 Å². The highest BCUT2D eigenvalue weighted by molar-refractivity contribution is 5.79. The van der Waals surface area contributed by atoms with Gasteiger partial charge in [0.05, 0.1) is 10.9 Å². The molecule has 0 unspecified atom stereocenters. The number of hydrogen-bond donors (Lipinski definition) is 1. The molecule has 4 heteroatoms. The minimum absolute atomic E-state index is 0.0891. The fraction of sp³-hybridized carbons (Fsp3) is 0.333. The zero-order valence-electron chi connectivity index (χ0n) is 15.0. The number of hydrogen-bond acceptors (Lipinski definition) is 3. The van der Waals surface area contributed by atoms with Gasteiger partial charge in [0.1, 0.15) is 5.82 Å². The van der Waals surface area contributed by atoms with E-state index in [0.29, 0.717) is 11.2 Å². The Bertz CT molecular complexity index is 901. The van der Waals surface area contributed by atoms with Crippen LogP contribution in [-0.4, -0.2) is 28.0 Å². The Labute approximate surface area is 148 Å². The second kappa shape index (κ2) is 8.08. The van der Waals surface area contributed by atoms with Crippen molar-refractivity contribution in [3.05, 3.63) is 64.4 Å². The third-order valence-corrected chi connectivity index (χ3v) is 4.55. The lowest BCUT2D eigenvalue weighted by molar-refractivity contribution is 0.275. The van der Waals surface area contributed by atoms with Crippen molar-refractivity contribution >= 4 is 10.9 Å². The molecule has 4 nitrogen and oxygen atoms in total. The summed E-state index contributed by atoms with van der Waals surface area (Å²) in [6, 6.07) is 15.7. The van der Waals surface area contributed by atoms with Crippen LogP contribution < -0.4 is 5.56 Å². The lowest BCUT2D eigenvalue weighted by Crippen LogP contribution is -2.24. The van der Waals surface area contributed by atoms with E-state index in [9.17, 15) is 4.79 Å². The van der Waals surface area contributed by atoms with Gasteiger partial charge in [-0.2, -0.15) is 0 Å². The van der Waals surface area contributed by atoms with Crippen molar-refractivity contribution in [3.63, 3.8) is 0 Å². The summed E-state index contributed by atoms with van der Waals surface area (Å²) in [5, 5.41) is 0.627. The molecule has 0 atom stereocenters. The molecule has 0 aliphatic heterocycles. The van der Waals surface area contributed by atoms with Gasteiger partial charge in [0, 0.05) is 12.1 Å². The van der Waals surface area contributed by atoms with Crippen LogP contribution in [0.2, 0.25) is 0 Å². The molecule has 1 aromatic heterocycles. The molecule has 0 radical (unpaired) electrons. The first-order chi connectivity index (χ1) is 12.2. The number of benzene rings is 2. The molecule has 0 saturated heterocycles. The summed E-state index contributed by atoms with van der Waals surface area (Å²) >= 11 is 0. The van der Waals surface area contributed by atoms with Crippen molar-refractivity contribution in [2.45, 2.75) is 33.2 Å². The predicted molar refractivity (Wildman–Crippen MR) is 104 cm³/mol. The van der Waals surface area contributed by atoms with Crippen LogP contribution in [0.5, 0.6) is 0 Å². The topological polar surface area (TPSA) is 49.0 Å². The van der Waals surface area contributed by atoms with Gasteiger partial charge in [-0.15, -0.1) is 0 Å². The van der Waals surface area contributed by atoms with E-state index in [1.165, 1.54) is 18.4 Å². The van der Waals surface area contributed by atoms with E-state index in [4.69, 9.17) is 0 Å². The molecule has 0 fully saturated rings. The van der Waals surface area contributed by atoms with Crippen LogP contribution in [-0.2, 0) is 6.54 Å². The third-order valence-electron chi connectivity index (χ3n) is 4.55. The van der Waals surface area contributed by atoms with Crippen LogP contribution in [0.1, 0.15) is 32.3 Å². The standard InChI is InChI=1S/C21H25N3O/c1-3-5-14-24(4-2)15-16-10-6-7-11-17(16)20-22-19-13-9-8-12-18(19)21(25)23-20/h6-13H,3-5,14-15H2,1-2H3,(H,22,23,25). The maximum Gasteiger partial charge on any atom is 0.259 e. The summed E-state index contributed by atoms with van der Waals surface area (Å²) in [6.45, 7) is 7.36. The SMILES string of the molecule is CCCCN(CC)Cc1ccccc1-c1nc2ccccc2c(=O)[nH]1. The number of nitrogens with zero attached hydrogens (tertiary/aromatic N) is 2. The predicted octanol–water partition coefficient (Wildman–Crippen LogP) is 4.21. The van der Waals surface area contributed by atoms with Crippen molar-refractivity contribution in [2.75, 3.05) is 13.1 Å². The molecule has 0 bridgehead atoms. The zero-order valence-corrected chi connectivity index (χ0v) is 15.0. The van der Waals surface area contributed by atoms with Gasteiger partial charge in [-0.1, -0.05) is 56.7 Å². The number of aromatic nitrogens is 2. The highest BCUT2D eigenvalue weighted by Crippen LogP contribution is 2.22. The Morgan fingerprint density at radius 2 is 1.80 bits per heavy atom. The fourth-order valence-electron chi connectivity index (χ4n) is 3.07. The normalized spacial score (nSPS) is 11.3. The number of H-pyrrole nitrogens is 1. The fourth-order valence-corrected chi connectivity index (χ4v) is 3.07. The third kappa shape index (κ3) is 3.97. The van der Waals surface area contributed by atoms with Crippen LogP contribution in [0.15, 0.2) is 53.3 Å². The Hall–Kier alpha value is -2.46. The first-order valence-electron chi connectivity index (χ1n) is 9.02. The quantitative estimate of drug-likeness (QED) is 0.703. The molecule has 0 amide bonds. The molecule has 3 rings (SSSR count). The Kier molecular flexibility index (Phi) is 5.61. The minimum atomic E-state index is -0.0891. The zero-order chi connectivity index (χ0) is 17.6. The number of unbranched alkanes of at least 4 members (excludes halogenated alkanes) is 1. The average molecular weight is 335 g/mol. The minimum Gasteiger partial charge on any atom is -0.306 e. The first-order valence-corrected chi connectivity index (χ1v) is 9.02. The molecule has 1 N–H and O–H groups in total. The molecule has 25 heavy (non-hydrogen) atoms. The molecule has 130 valence electrons. The smallest absolute Gasteiger partial charge is 0.259 e. The lowest BCUT2D eigenvalue weighted by atomic mass is 10.1. The molecular formula is C21H25N3O. The molecule has 2 aromatic carbocycles. The van der Waals surface area contributed by atoms with Gasteiger partial charge >= 0.3 is 0 Å². The Morgan fingerprint density at radius 1 is 1.04 bits per heavy atom. The molecule has 0 aliphatic rings. The van der Waals surface area contributed by atoms with Gasteiger partial charge < -0.3 is 4.98 Å². The Balaban J connectivity index is 1.99. The monoisotopic (exact) mass is 335 g/mol. The molecule has 0 aliphatic carbocycles. The summed E-state index contributed by atoms with van der Waals surface area (Å²) in [6.07, 6.45) is 2.39. The summed E-state index contributed by atoms with van der Waals surface area (Å²) in [5.74, 6) is 0.644. The number of rotatable bonds is 7. The van der Waals surface area contributed by atoms with Crippen LogP contribution in [0.25, 0.3) is 22.3 Å². The number of para-hydroxylation sites is 1. The molecule has 0 saturated carbocycles. The van der Waals surface area contributed by atoms with E-state index in [1.54, 1.807) is 6.07 Å². The van der Waals surface area contributed by atoms with E-state index >= 15 is 0 Å². The number of fused-ring (bicyclic) bond motifs is 1. The van der Waals surface area contributed by atoms with Crippen molar-refractivity contribution in [1.82, 2.24) is 14.9 Å². The van der Waals surface area contributed by atoms with Crippen LogP contribution in [0, 0.1) is 0 Å².